The van der Waals surface area contributed by atoms with Crippen LogP contribution in [0.25, 0.3) is 0 Å². The zero-order valence-electron chi connectivity index (χ0n) is 14.0. The third-order valence-corrected chi connectivity index (χ3v) is 6.78. The Morgan fingerprint density at radius 3 is 2.57 bits per heavy atom. The standard InChI is InChI=1S/C19H28FNOS/c1-23-18-5-3-2-4-17(18)21-14-19(10-12-22-13-11-19)15-6-8-16(20)9-7-15/h6-9,17-18,21H,2-5,10-14H2,1H3/t17-,18-/m1/s1. The Morgan fingerprint density at radius 2 is 1.87 bits per heavy atom. The summed E-state index contributed by atoms with van der Waals surface area (Å²) in [5.41, 5.74) is 1.35. The highest BCUT2D eigenvalue weighted by Crippen LogP contribution is 2.35. The molecule has 1 saturated heterocycles. The van der Waals surface area contributed by atoms with Crippen LogP contribution in [0.15, 0.2) is 24.3 Å². The smallest absolute Gasteiger partial charge is 0.123 e. The minimum atomic E-state index is -0.154. The SMILES string of the molecule is CS[C@@H]1CCCC[C@H]1NCC1(c2ccc(F)cc2)CCOCC1. The van der Waals surface area contributed by atoms with Crippen molar-refractivity contribution in [2.24, 2.45) is 0 Å². The largest absolute Gasteiger partial charge is 0.381 e. The van der Waals surface area contributed by atoms with E-state index in [1.807, 2.05) is 23.9 Å². The van der Waals surface area contributed by atoms with Gasteiger partial charge in [0.05, 0.1) is 0 Å². The Kier molecular flexibility index (Phi) is 6.00. The van der Waals surface area contributed by atoms with E-state index in [1.54, 1.807) is 12.1 Å². The number of ether oxygens (including phenoxy) is 1. The molecule has 1 heterocycles. The molecule has 4 heteroatoms. The minimum absolute atomic E-state index is 0.0896. The molecule has 1 N–H and O–H groups in total. The molecular weight excluding hydrogens is 309 g/mol. The van der Waals surface area contributed by atoms with Crippen molar-refractivity contribution in [3.05, 3.63) is 35.6 Å². The van der Waals surface area contributed by atoms with Crippen LogP contribution >= 0.6 is 11.8 Å². The van der Waals surface area contributed by atoms with Gasteiger partial charge in [-0.2, -0.15) is 11.8 Å². The molecule has 2 aliphatic rings. The quantitative estimate of drug-likeness (QED) is 0.872. The highest BCUT2D eigenvalue weighted by molar-refractivity contribution is 7.99. The first-order valence-corrected chi connectivity index (χ1v) is 10.1. The first-order valence-electron chi connectivity index (χ1n) is 8.83. The van der Waals surface area contributed by atoms with Gasteiger partial charge in [0.25, 0.3) is 0 Å². The van der Waals surface area contributed by atoms with Gasteiger partial charge in [0.15, 0.2) is 0 Å². The summed E-state index contributed by atoms with van der Waals surface area (Å²) in [5, 5.41) is 4.61. The summed E-state index contributed by atoms with van der Waals surface area (Å²) in [5.74, 6) is -0.154. The van der Waals surface area contributed by atoms with Crippen molar-refractivity contribution in [1.29, 1.82) is 0 Å². The summed E-state index contributed by atoms with van der Waals surface area (Å²) >= 11 is 2.00. The maximum absolute atomic E-state index is 13.3. The van der Waals surface area contributed by atoms with Crippen molar-refractivity contribution in [3.8, 4) is 0 Å². The molecule has 2 atom stereocenters. The lowest BCUT2D eigenvalue weighted by molar-refractivity contribution is 0.0484. The zero-order valence-corrected chi connectivity index (χ0v) is 14.8. The Labute approximate surface area is 143 Å². The monoisotopic (exact) mass is 337 g/mol. The van der Waals surface area contributed by atoms with Gasteiger partial charge >= 0.3 is 0 Å². The van der Waals surface area contributed by atoms with Crippen LogP contribution in [0.5, 0.6) is 0 Å². The van der Waals surface area contributed by atoms with Gasteiger partial charge in [-0.05, 0) is 49.6 Å². The summed E-state index contributed by atoms with van der Waals surface area (Å²) in [6, 6.07) is 7.74. The predicted molar refractivity (Wildman–Crippen MR) is 95.7 cm³/mol. The van der Waals surface area contributed by atoms with Crippen LogP contribution in [-0.2, 0) is 10.2 Å². The average Bonchev–Trinajstić information content (AvgIpc) is 2.61. The number of halogens is 1. The van der Waals surface area contributed by atoms with Crippen LogP contribution in [0.1, 0.15) is 44.1 Å². The van der Waals surface area contributed by atoms with E-state index in [0.717, 1.165) is 37.9 Å². The molecule has 0 bridgehead atoms. The van der Waals surface area contributed by atoms with Crippen molar-refractivity contribution >= 4 is 11.8 Å². The third kappa shape index (κ3) is 4.09. The van der Waals surface area contributed by atoms with E-state index in [0.29, 0.717) is 6.04 Å². The lowest BCUT2D eigenvalue weighted by atomic mass is 9.73. The highest BCUT2D eigenvalue weighted by Gasteiger charge is 2.36. The maximum atomic E-state index is 13.3. The van der Waals surface area contributed by atoms with Crippen LogP contribution in [0.3, 0.4) is 0 Å². The molecule has 1 aromatic carbocycles. The molecule has 23 heavy (non-hydrogen) atoms. The first kappa shape index (κ1) is 17.2. The summed E-state index contributed by atoms with van der Waals surface area (Å²) in [6.07, 6.45) is 9.56. The van der Waals surface area contributed by atoms with Crippen molar-refractivity contribution in [2.45, 2.75) is 55.2 Å². The van der Waals surface area contributed by atoms with Gasteiger partial charge < -0.3 is 10.1 Å². The number of hydrogen-bond acceptors (Lipinski definition) is 3. The van der Waals surface area contributed by atoms with Crippen molar-refractivity contribution < 1.29 is 9.13 Å². The highest BCUT2D eigenvalue weighted by atomic mass is 32.2. The molecular formula is C19H28FNOS. The number of rotatable bonds is 5. The summed E-state index contributed by atoms with van der Waals surface area (Å²) in [6.45, 7) is 2.58. The lowest BCUT2D eigenvalue weighted by Gasteiger charge is -2.41. The fourth-order valence-electron chi connectivity index (χ4n) is 4.07. The molecule has 1 saturated carbocycles. The summed E-state index contributed by atoms with van der Waals surface area (Å²) in [4.78, 5) is 0. The van der Waals surface area contributed by atoms with Gasteiger partial charge in [0.2, 0.25) is 0 Å². The van der Waals surface area contributed by atoms with E-state index < -0.39 is 0 Å². The molecule has 2 fully saturated rings. The molecule has 0 amide bonds. The molecule has 3 rings (SSSR count). The van der Waals surface area contributed by atoms with E-state index in [4.69, 9.17) is 4.74 Å². The second-order valence-corrected chi connectivity index (χ2v) is 8.02. The zero-order chi connectivity index (χ0) is 16.1. The molecule has 0 radical (unpaired) electrons. The number of nitrogens with one attached hydrogen (secondary N) is 1. The number of hydrogen-bond donors (Lipinski definition) is 1. The summed E-state index contributed by atoms with van der Waals surface area (Å²) in [7, 11) is 0. The second-order valence-electron chi connectivity index (χ2n) is 6.95. The molecule has 0 spiro atoms. The maximum Gasteiger partial charge on any atom is 0.123 e. The first-order chi connectivity index (χ1) is 11.2. The minimum Gasteiger partial charge on any atom is -0.381 e. The third-order valence-electron chi connectivity index (χ3n) is 5.61. The van der Waals surface area contributed by atoms with Gasteiger partial charge in [-0.15, -0.1) is 0 Å². The molecule has 1 aliphatic heterocycles. The molecule has 1 aliphatic carbocycles. The van der Waals surface area contributed by atoms with Crippen LogP contribution < -0.4 is 5.32 Å². The Morgan fingerprint density at radius 1 is 1.17 bits per heavy atom. The van der Waals surface area contributed by atoms with Gasteiger partial charge in [-0.1, -0.05) is 25.0 Å². The van der Waals surface area contributed by atoms with Gasteiger partial charge in [-0.3, -0.25) is 0 Å². The molecule has 0 unspecified atom stereocenters. The lowest BCUT2D eigenvalue weighted by Crippen LogP contribution is -2.49. The normalized spacial score (nSPS) is 27.7. The Balaban J connectivity index is 1.72. The topological polar surface area (TPSA) is 21.3 Å². The summed E-state index contributed by atoms with van der Waals surface area (Å²) < 4.78 is 18.9. The van der Waals surface area contributed by atoms with E-state index in [2.05, 4.69) is 11.6 Å². The average molecular weight is 338 g/mol. The Hall–Kier alpha value is -0.580. The van der Waals surface area contributed by atoms with Crippen LogP contribution in [0.4, 0.5) is 4.39 Å². The van der Waals surface area contributed by atoms with E-state index in [9.17, 15) is 4.39 Å². The number of benzene rings is 1. The van der Waals surface area contributed by atoms with E-state index >= 15 is 0 Å². The van der Waals surface area contributed by atoms with Crippen molar-refractivity contribution in [1.82, 2.24) is 5.32 Å². The second kappa shape index (κ2) is 8.00. The predicted octanol–water partition coefficient (Wildman–Crippen LogP) is 4.14. The molecule has 1 aromatic rings. The van der Waals surface area contributed by atoms with Gasteiger partial charge in [0.1, 0.15) is 5.82 Å². The van der Waals surface area contributed by atoms with E-state index in [-0.39, 0.29) is 11.2 Å². The Bertz CT molecular complexity index is 487. The fourth-order valence-corrected chi connectivity index (χ4v) is 5.04. The van der Waals surface area contributed by atoms with Crippen LogP contribution in [-0.4, -0.2) is 37.3 Å². The molecule has 128 valence electrons. The van der Waals surface area contributed by atoms with Crippen LogP contribution in [0.2, 0.25) is 0 Å². The van der Waals surface area contributed by atoms with Crippen molar-refractivity contribution in [2.75, 3.05) is 26.0 Å². The molecule has 2 nitrogen and oxygen atoms in total. The van der Waals surface area contributed by atoms with Crippen LogP contribution in [0, 0.1) is 5.82 Å². The van der Waals surface area contributed by atoms with Gasteiger partial charge in [0, 0.05) is 36.5 Å². The number of thioether (sulfide) groups is 1. The van der Waals surface area contributed by atoms with Gasteiger partial charge in [-0.25, -0.2) is 4.39 Å². The van der Waals surface area contributed by atoms with Crippen molar-refractivity contribution in [3.63, 3.8) is 0 Å². The van der Waals surface area contributed by atoms with E-state index in [1.165, 1.54) is 31.2 Å². The fraction of sp³-hybridized carbons (Fsp3) is 0.684. The molecule has 0 aromatic heterocycles.